The number of nitrogens with zero attached hydrogens (tertiary/aromatic N) is 3. The third-order valence-corrected chi connectivity index (χ3v) is 3.69. The van der Waals surface area contributed by atoms with Gasteiger partial charge in [0.15, 0.2) is 0 Å². The Morgan fingerprint density at radius 3 is 2.40 bits per heavy atom. The van der Waals surface area contributed by atoms with E-state index >= 15 is 0 Å². The Kier molecular flexibility index (Phi) is 4.15. The fourth-order valence-corrected chi connectivity index (χ4v) is 2.38. The highest BCUT2D eigenvalue weighted by Crippen LogP contribution is 2.27. The number of hydrogen-bond acceptors (Lipinski definition) is 6. The molecular formula is C14H26N6. The highest BCUT2D eigenvalue weighted by atomic mass is 15.3. The van der Waals surface area contributed by atoms with Gasteiger partial charge in [-0.2, -0.15) is 0 Å². The molecule has 20 heavy (non-hydrogen) atoms. The SMILES string of the molecule is Cc1c(NN)nc(C(C)(C)C)nc1NC1CCN(C)C1. The van der Waals surface area contributed by atoms with Crippen molar-refractivity contribution in [1.82, 2.24) is 14.9 Å². The van der Waals surface area contributed by atoms with Gasteiger partial charge in [0.05, 0.1) is 0 Å². The number of rotatable bonds is 3. The molecule has 1 fully saturated rings. The van der Waals surface area contributed by atoms with Gasteiger partial charge < -0.3 is 15.6 Å². The van der Waals surface area contributed by atoms with Gasteiger partial charge in [0.1, 0.15) is 17.5 Å². The highest BCUT2D eigenvalue weighted by Gasteiger charge is 2.24. The monoisotopic (exact) mass is 278 g/mol. The molecule has 1 aromatic heterocycles. The molecule has 0 aromatic carbocycles. The Balaban J connectivity index is 2.31. The van der Waals surface area contributed by atoms with E-state index in [1.807, 2.05) is 6.92 Å². The van der Waals surface area contributed by atoms with Crippen LogP contribution in [-0.4, -0.2) is 41.0 Å². The second-order valence-electron chi connectivity index (χ2n) is 6.66. The second kappa shape index (κ2) is 5.54. The molecule has 0 amide bonds. The standard InChI is InChI=1S/C14H26N6/c1-9-11(16-10-6-7-20(5)8-10)17-13(14(2,3)4)18-12(9)19-15/h10H,6-8,15H2,1-5H3,(H2,16,17,18,19). The first-order chi connectivity index (χ1) is 9.31. The van der Waals surface area contributed by atoms with E-state index in [9.17, 15) is 0 Å². The molecule has 1 aliphatic rings. The molecule has 1 aromatic rings. The number of nitrogens with two attached hydrogens (primary N) is 1. The minimum atomic E-state index is -0.109. The van der Waals surface area contributed by atoms with E-state index in [0.717, 1.165) is 36.7 Å². The van der Waals surface area contributed by atoms with Crippen molar-refractivity contribution in [2.24, 2.45) is 5.84 Å². The lowest BCUT2D eigenvalue weighted by Gasteiger charge is -2.22. The summed E-state index contributed by atoms with van der Waals surface area (Å²) in [7, 11) is 2.14. The summed E-state index contributed by atoms with van der Waals surface area (Å²) in [5.74, 6) is 7.96. The normalized spacial score (nSPS) is 20.2. The zero-order valence-electron chi connectivity index (χ0n) is 13.1. The molecule has 1 aliphatic heterocycles. The van der Waals surface area contributed by atoms with Crippen molar-refractivity contribution in [3.8, 4) is 0 Å². The molecule has 0 aliphatic carbocycles. The smallest absolute Gasteiger partial charge is 0.148 e. The van der Waals surface area contributed by atoms with Crippen molar-refractivity contribution in [3.63, 3.8) is 0 Å². The topological polar surface area (TPSA) is 79.1 Å². The van der Waals surface area contributed by atoms with Crippen LogP contribution in [0.5, 0.6) is 0 Å². The number of likely N-dealkylation sites (tertiary alicyclic amines) is 1. The van der Waals surface area contributed by atoms with Crippen molar-refractivity contribution in [3.05, 3.63) is 11.4 Å². The second-order valence-corrected chi connectivity index (χ2v) is 6.66. The van der Waals surface area contributed by atoms with Crippen LogP contribution in [0.1, 0.15) is 38.6 Å². The van der Waals surface area contributed by atoms with Gasteiger partial charge in [0.25, 0.3) is 0 Å². The number of hydrazine groups is 1. The minimum absolute atomic E-state index is 0.109. The summed E-state index contributed by atoms with van der Waals surface area (Å²) in [5, 5.41) is 3.54. The lowest BCUT2D eigenvalue weighted by molar-refractivity contribution is 0.414. The van der Waals surface area contributed by atoms with E-state index < -0.39 is 0 Å². The van der Waals surface area contributed by atoms with Crippen LogP contribution < -0.4 is 16.6 Å². The zero-order chi connectivity index (χ0) is 14.9. The summed E-state index contributed by atoms with van der Waals surface area (Å²) in [4.78, 5) is 11.5. The molecule has 2 heterocycles. The van der Waals surface area contributed by atoms with E-state index in [2.05, 4.69) is 48.4 Å². The number of likely N-dealkylation sites (N-methyl/N-ethyl adjacent to an activating group) is 1. The van der Waals surface area contributed by atoms with Crippen molar-refractivity contribution >= 4 is 11.6 Å². The predicted molar refractivity (Wildman–Crippen MR) is 82.8 cm³/mol. The maximum atomic E-state index is 5.59. The molecule has 4 N–H and O–H groups in total. The third kappa shape index (κ3) is 3.19. The van der Waals surface area contributed by atoms with Crippen molar-refractivity contribution < 1.29 is 0 Å². The van der Waals surface area contributed by atoms with E-state index in [1.54, 1.807) is 0 Å². The molecule has 0 saturated carbocycles. The molecular weight excluding hydrogens is 252 g/mol. The van der Waals surface area contributed by atoms with E-state index in [1.165, 1.54) is 0 Å². The molecule has 0 radical (unpaired) electrons. The van der Waals surface area contributed by atoms with Gasteiger partial charge in [-0.25, -0.2) is 15.8 Å². The maximum Gasteiger partial charge on any atom is 0.148 e. The van der Waals surface area contributed by atoms with Crippen LogP contribution in [0.25, 0.3) is 0 Å². The Labute approximate surface area is 121 Å². The summed E-state index contributed by atoms with van der Waals surface area (Å²) in [6, 6.07) is 0.437. The van der Waals surface area contributed by atoms with E-state index in [0.29, 0.717) is 11.9 Å². The lowest BCUT2D eigenvalue weighted by Crippen LogP contribution is -2.27. The van der Waals surface area contributed by atoms with Gasteiger partial charge in [-0.05, 0) is 26.9 Å². The van der Waals surface area contributed by atoms with Crippen LogP contribution in [0.3, 0.4) is 0 Å². The molecule has 0 bridgehead atoms. The number of hydrogen-bond donors (Lipinski definition) is 3. The number of nitrogen functional groups attached to an aromatic ring is 1. The van der Waals surface area contributed by atoms with Crippen LogP contribution in [0.2, 0.25) is 0 Å². The zero-order valence-corrected chi connectivity index (χ0v) is 13.1. The van der Waals surface area contributed by atoms with Crippen LogP contribution in [0.4, 0.5) is 11.6 Å². The average molecular weight is 278 g/mol. The lowest BCUT2D eigenvalue weighted by atomic mass is 9.95. The Morgan fingerprint density at radius 2 is 1.90 bits per heavy atom. The third-order valence-electron chi connectivity index (χ3n) is 3.69. The van der Waals surface area contributed by atoms with E-state index in [4.69, 9.17) is 10.8 Å². The molecule has 1 atom stereocenters. The van der Waals surface area contributed by atoms with Gasteiger partial charge >= 0.3 is 0 Å². The Hall–Kier alpha value is -1.40. The van der Waals surface area contributed by atoms with Gasteiger partial charge in [-0.1, -0.05) is 20.8 Å². The van der Waals surface area contributed by atoms with Crippen LogP contribution in [0.15, 0.2) is 0 Å². The van der Waals surface area contributed by atoms with E-state index in [-0.39, 0.29) is 5.41 Å². The summed E-state index contributed by atoms with van der Waals surface area (Å²) >= 11 is 0. The van der Waals surface area contributed by atoms with Gasteiger partial charge in [0, 0.05) is 23.6 Å². The van der Waals surface area contributed by atoms with Crippen LogP contribution >= 0.6 is 0 Å². The number of aromatic nitrogens is 2. The van der Waals surface area contributed by atoms with Crippen molar-refractivity contribution in [2.75, 3.05) is 30.9 Å². The van der Waals surface area contributed by atoms with Crippen LogP contribution in [-0.2, 0) is 5.41 Å². The van der Waals surface area contributed by atoms with Gasteiger partial charge in [-0.3, -0.25) is 0 Å². The van der Waals surface area contributed by atoms with Crippen molar-refractivity contribution in [1.29, 1.82) is 0 Å². The van der Waals surface area contributed by atoms with Crippen molar-refractivity contribution in [2.45, 2.75) is 45.6 Å². The fraction of sp³-hybridized carbons (Fsp3) is 0.714. The first-order valence-electron chi connectivity index (χ1n) is 7.12. The van der Waals surface area contributed by atoms with Crippen LogP contribution in [0, 0.1) is 6.92 Å². The summed E-state index contributed by atoms with van der Waals surface area (Å²) in [6.07, 6.45) is 1.14. The first-order valence-corrected chi connectivity index (χ1v) is 7.12. The average Bonchev–Trinajstić information content (AvgIpc) is 2.76. The maximum absolute atomic E-state index is 5.59. The fourth-order valence-electron chi connectivity index (χ4n) is 2.38. The van der Waals surface area contributed by atoms with Gasteiger partial charge in [0.2, 0.25) is 0 Å². The highest BCUT2D eigenvalue weighted by molar-refractivity contribution is 5.57. The molecule has 2 rings (SSSR count). The molecule has 6 heteroatoms. The molecule has 6 nitrogen and oxygen atoms in total. The summed E-state index contributed by atoms with van der Waals surface area (Å²) in [6.45, 7) is 10.5. The molecule has 0 spiro atoms. The van der Waals surface area contributed by atoms with Gasteiger partial charge in [-0.15, -0.1) is 0 Å². The molecule has 112 valence electrons. The summed E-state index contributed by atoms with van der Waals surface area (Å²) < 4.78 is 0. The minimum Gasteiger partial charge on any atom is -0.366 e. The quantitative estimate of drug-likeness (QED) is 0.574. The Morgan fingerprint density at radius 1 is 1.25 bits per heavy atom. The number of nitrogens with one attached hydrogen (secondary N) is 2. The Bertz CT molecular complexity index is 479. The first kappa shape index (κ1) is 15.0. The number of anilines is 2. The largest absolute Gasteiger partial charge is 0.366 e. The predicted octanol–water partition coefficient (Wildman–Crippen LogP) is 1.48. The molecule has 1 saturated heterocycles. The summed E-state index contributed by atoms with van der Waals surface area (Å²) in [5.41, 5.74) is 3.54. The molecule has 1 unspecified atom stereocenters.